The SMILES string of the molecule is COC(=O)COc1c(C)cc(C(=O)Nc2ccc(OCCN)cc2)cc1C.Cl. The number of anilines is 1. The van der Waals surface area contributed by atoms with E-state index in [1.807, 2.05) is 13.8 Å². The normalized spacial score (nSPS) is 9.86. The van der Waals surface area contributed by atoms with E-state index in [-0.39, 0.29) is 24.9 Å². The minimum Gasteiger partial charge on any atom is -0.492 e. The number of esters is 1. The molecule has 0 radical (unpaired) electrons. The van der Waals surface area contributed by atoms with E-state index >= 15 is 0 Å². The molecule has 8 heteroatoms. The summed E-state index contributed by atoms with van der Waals surface area (Å²) in [6, 6.07) is 10.5. The quantitative estimate of drug-likeness (QED) is 0.651. The molecule has 0 fully saturated rings. The zero-order valence-electron chi connectivity index (χ0n) is 16.1. The lowest BCUT2D eigenvalue weighted by Crippen LogP contribution is -2.15. The molecule has 1 amide bonds. The molecule has 0 spiro atoms. The number of carbonyl (C=O) groups excluding carboxylic acids is 2. The van der Waals surface area contributed by atoms with Crippen LogP contribution in [0.15, 0.2) is 36.4 Å². The predicted octanol–water partition coefficient (Wildman–Crippen LogP) is 2.87. The van der Waals surface area contributed by atoms with Gasteiger partial charge in [0.15, 0.2) is 6.61 Å². The molecule has 7 nitrogen and oxygen atoms in total. The molecular formula is C20H25ClN2O5. The standard InChI is InChI=1S/C20H24N2O5.ClH/c1-13-10-15(11-14(2)19(13)27-12-18(23)25-3)20(24)22-16-4-6-17(7-5-16)26-9-8-21;/h4-7,10-11H,8-9,12,21H2,1-3H3,(H,22,24);1H. The Labute approximate surface area is 170 Å². The number of carbonyl (C=O) groups is 2. The first-order valence-electron chi connectivity index (χ1n) is 8.49. The van der Waals surface area contributed by atoms with Gasteiger partial charge in [0, 0.05) is 17.8 Å². The molecule has 0 aliphatic rings. The third-order valence-corrected chi connectivity index (χ3v) is 3.78. The van der Waals surface area contributed by atoms with E-state index in [1.165, 1.54) is 7.11 Å². The van der Waals surface area contributed by atoms with Gasteiger partial charge in [-0.3, -0.25) is 4.79 Å². The first-order valence-corrected chi connectivity index (χ1v) is 8.49. The van der Waals surface area contributed by atoms with Gasteiger partial charge in [-0.2, -0.15) is 0 Å². The van der Waals surface area contributed by atoms with Crippen molar-refractivity contribution in [3.63, 3.8) is 0 Å². The second-order valence-corrected chi connectivity index (χ2v) is 5.92. The molecule has 0 atom stereocenters. The number of methoxy groups -OCH3 is 1. The molecule has 2 rings (SSSR count). The van der Waals surface area contributed by atoms with Crippen molar-refractivity contribution in [2.24, 2.45) is 5.73 Å². The lowest BCUT2D eigenvalue weighted by Gasteiger charge is -2.13. The first-order chi connectivity index (χ1) is 12.9. The summed E-state index contributed by atoms with van der Waals surface area (Å²) in [4.78, 5) is 23.8. The Balaban J connectivity index is 0.00000392. The Morgan fingerprint density at radius 3 is 2.18 bits per heavy atom. The number of hydrogen-bond acceptors (Lipinski definition) is 6. The Morgan fingerprint density at radius 1 is 1.04 bits per heavy atom. The number of rotatable bonds is 8. The third kappa shape index (κ3) is 6.44. The molecule has 0 saturated carbocycles. The molecule has 0 bridgehead atoms. The third-order valence-electron chi connectivity index (χ3n) is 3.78. The minimum atomic E-state index is -0.463. The lowest BCUT2D eigenvalue weighted by atomic mass is 10.0. The van der Waals surface area contributed by atoms with E-state index in [0.29, 0.717) is 35.9 Å². The smallest absolute Gasteiger partial charge is 0.343 e. The van der Waals surface area contributed by atoms with Crippen molar-refractivity contribution >= 4 is 30.0 Å². The highest BCUT2D eigenvalue weighted by Crippen LogP contribution is 2.25. The van der Waals surface area contributed by atoms with Crippen LogP contribution in [0.3, 0.4) is 0 Å². The number of nitrogens with one attached hydrogen (secondary N) is 1. The Hall–Kier alpha value is -2.77. The van der Waals surface area contributed by atoms with Gasteiger partial charge < -0.3 is 25.3 Å². The van der Waals surface area contributed by atoms with Crippen LogP contribution in [0.25, 0.3) is 0 Å². The highest BCUT2D eigenvalue weighted by molar-refractivity contribution is 6.04. The van der Waals surface area contributed by atoms with Crippen molar-refractivity contribution in [3.05, 3.63) is 53.1 Å². The van der Waals surface area contributed by atoms with Crippen molar-refractivity contribution in [1.82, 2.24) is 0 Å². The summed E-state index contributed by atoms with van der Waals surface area (Å²) < 4.78 is 15.5. The summed E-state index contributed by atoms with van der Waals surface area (Å²) in [5, 5.41) is 2.84. The van der Waals surface area contributed by atoms with Crippen LogP contribution in [0.1, 0.15) is 21.5 Å². The zero-order chi connectivity index (χ0) is 19.8. The maximum Gasteiger partial charge on any atom is 0.343 e. The summed E-state index contributed by atoms with van der Waals surface area (Å²) in [5.74, 6) is 0.557. The number of aryl methyl sites for hydroxylation is 2. The molecule has 2 aromatic rings. The van der Waals surface area contributed by atoms with Gasteiger partial charge in [-0.1, -0.05) is 0 Å². The number of amides is 1. The summed E-state index contributed by atoms with van der Waals surface area (Å²) in [6.45, 7) is 4.34. The van der Waals surface area contributed by atoms with Crippen LogP contribution in [-0.2, 0) is 9.53 Å². The Morgan fingerprint density at radius 2 is 1.64 bits per heavy atom. The second kappa shape index (κ2) is 11.2. The number of benzene rings is 2. The molecule has 0 aliphatic carbocycles. The maximum absolute atomic E-state index is 12.5. The molecular weight excluding hydrogens is 384 g/mol. The first kappa shape index (κ1) is 23.3. The van der Waals surface area contributed by atoms with Crippen LogP contribution >= 0.6 is 12.4 Å². The largest absolute Gasteiger partial charge is 0.492 e. The molecule has 0 aliphatic heterocycles. The van der Waals surface area contributed by atoms with E-state index in [4.69, 9.17) is 15.2 Å². The van der Waals surface area contributed by atoms with Crippen LogP contribution < -0.4 is 20.5 Å². The van der Waals surface area contributed by atoms with Crippen molar-refractivity contribution in [2.45, 2.75) is 13.8 Å². The Kier molecular flexibility index (Phi) is 9.27. The second-order valence-electron chi connectivity index (χ2n) is 5.92. The molecule has 3 N–H and O–H groups in total. The average Bonchev–Trinajstić information content (AvgIpc) is 2.66. The fourth-order valence-electron chi connectivity index (χ4n) is 2.51. The lowest BCUT2D eigenvalue weighted by molar-refractivity contribution is -0.142. The van der Waals surface area contributed by atoms with Crippen LogP contribution in [0.4, 0.5) is 5.69 Å². The highest BCUT2D eigenvalue weighted by Gasteiger charge is 2.13. The van der Waals surface area contributed by atoms with Gasteiger partial charge in [-0.25, -0.2) is 4.79 Å². The van der Waals surface area contributed by atoms with E-state index in [2.05, 4.69) is 10.1 Å². The van der Waals surface area contributed by atoms with E-state index in [0.717, 1.165) is 11.1 Å². The van der Waals surface area contributed by atoms with Gasteiger partial charge in [-0.05, 0) is 61.4 Å². The number of nitrogens with two attached hydrogens (primary N) is 1. The zero-order valence-corrected chi connectivity index (χ0v) is 16.9. The molecule has 0 heterocycles. The number of halogens is 1. The summed E-state index contributed by atoms with van der Waals surface area (Å²) in [6.07, 6.45) is 0. The van der Waals surface area contributed by atoms with Crippen LogP contribution in [-0.4, -0.2) is 38.7 Å². The highest BCUT2D eigenvalue weighted by atomic mass is 35.5. The van der Waals surface area contributed by atoms with Gasteiger partial charge in [0.25, 0.3) is 5.91 Å². The van der Waals surface area contributed by atoms with E-state index in [9.17, 15) is 9.59 Å². The molecule has 0 aromatic heterocycles. The number of hydrogen-bond donors (Lipinski definition) is 2. The van der Waals surface area contributed by atoms with Crippen molar-refractivity contribution in [3.8, 4) is 11.5 Å². The van der Waals surface area contributed by atoms with Gasteiger partial charge in [-0.15, -0.1) is 12.4 Å². The maximum atomic E-state index is 12.5. The minimum absolute atomic E-state index is 0. The Bertz CT molecular complexity index is 786. The number of ether oxygens (including phenoxy) is 3. The van der Waals surface area contributed by atoms with Gasteiger partial charge in [0.2, 0.25) is 0 Å². The van der Waals surface area contributed by atoms with Crippen LogP contribution in [0, 0.1) is 13.8 Å². The molecule has 0 unspecified atom stereocenters. The topological polar surface area (TPSA) is 99.9 Å². The fraction of sp³-hybridized carbons (Fsp3) is 0.300. The van der Waals surface area contributed by atoms with Crippen molar-refractivity contribution in [2.75, 3.05) is 32.2 Å². The fourth-order valence-corrected chi connectivity index (χ4v) is 2.51. The molecule has 0 saturated heterocycles. The molecule has 152 valence electrons. The summed E-state index contributed by atoms with van der Waals surface area (Å²) in [7, 11) is 1.30. The van der Waals surface area contributed by atoms with Crippen LogP contribution in [0.5, 0.6) is 11.5 Å². The monoisotopic (exact) mass is 408 g/mol. The van der Waals surface area contributed by atoms with Crippen molar-refractivity contribution < 1.29 is 23.8 Å². The van der Waals surface area contributed by atoms with Gasteiger partial charge in [0.05, 0.1) is 7.11 Å². The van der Waals surface area contributed by atoms with Gasteiger partial charge in [0.1, 0.15) is 18.1 Å². The predicted molar refractivity (Wildman–Crippen MR) is 110 cm³/mol. The van der Waals surface area contributed by atoms with E-state index < -0.39 is 5.97 Å². The van der Waals surface area contributed by atoms with Crippen molar-refractivity contribution in [1.29, 1.82) is 0 Å². The van der Waals surface area contributed by atoms with E-state index in [1.54, 1.807) is 36.4 Å². The van der Waals surface area contributed by atoms with Crippen LogP contribution in [0.2, 0.25) is 0 Å². The molecule has 28 heavy (non-hydrogen) atoms. The average molecular weight is 409 g/mol. The summed E-state index contributed by atoms with van der Waals surface area (Å²) in [5.41, 5.74) is 8.07. The van der Waals surface area contributed by atoms with Gasteiger partial charge >= 0.3 is 5.97 Å². The summed E-state index contributed by atoms with van der Waals surface area (Å²) >= 11 is 0. The molecule has 2 aromatic carbocycles.